The van der Waals surface area contributed by atoms with E-state index in [1.54, 1.807) is 0 Å². The topological polar surface area (TPSA) is 60.2 Å². The zero-order chi connectivity index (χ0) is 19.7. The molecule has 0 fully saturated rings. The number of benzene rings is 2. The van der Waals surface area contributed by atoms with Crippen LogP contribution in [0.15, 0.2) is 70.2 Å². The molecule has 0 amide bonds. The number of nitrogens with zero attached hydrogens (tertiary/aromatic N) is 2. The molecule has 1 atom stereocenters. The van der Waals surface area contributed by atoms with Crippen molar-refractivity contribution in [2.45, 2.75) is 19.4 Å². The van der Waals surface area contributed by atoms with Crippen molar-refractivity contribution < 1.29 is 5.11 Å². The summed E-state index contributed by atoms with van der Waals surface area (Å²) in [5, 5.41) is 21.9. The van der Waals surface area contributed by atoms with Gasteiger partial charge in [0.05, 0.1) is 17.8 Å². The van der Waals surface area contributed by atoms with E-state index >= 15 is 0 Å². The van der Waals surface area contributed by atoms with Crippen LogP contribution in [-0.2, 0) is 6.42 Å². The van der Waals surface area contributed by atoms with Gasteiger partial charge >= 0.3 is 0 Å². The molecule has 0 saturated carbocycles. The first-order valence-corrected chi connectivity index (χ1v) is 10.7. The second-order valence-corrected chi connectivity index (χ2v) is 8.66. The Bertz CT molecular complexity index is 1030. The van der Waals surface area contributed by atoms with Gasteiger partial charge in [0.1, 0.15) is 16.6 Å². The molecule has 3 aromatic rings. The van der Waals surface area contributed by atoms with Crippen molar-refractivity contribution in [1.82, 2.24) is 9.88 Å². The predicted molar refractivity (Wildman–Crippen MR) is 119 cm³/mol. The molecule has 0 bridgehead atoms. The lowest BCUT2D eigenvalue weighted by Crippen LogP contribution is -2.36. The summed E-state index contributed by atoms with van der Waals surface area (Å²) in [6, 6.07) is 18.3. The van der Waals surface area contributed by atoms with Crippen LogP contribution in [-0.4, -0.2) is 33.4 Å². The van der Waals surface area contributed by atoms with Crippen molar-refractivity contribution in [2.24, 2.45) is 0 Å². The van der Waals surface area contributed by atoms with E-state index in [1.165, 1.54) is 16.9 Å². The number of nitrogens with one attached hydrogen (secondary N) is 1. The number of hydrogen-bond donors (Lipinski definition) is 2. The Balaban J connectivity index is 1.53. The van der Waals surface area contributed by atoms with E-state index in [1.807, 2.05) is 52.7 Å². The lowest BCUT2D eigenvalue weighted by atomic mass is 10.1. The molecule has 4 rings (SSSR count). The van der Waals surface area contributed by atoms with E-state index < -0.39 is 0 Å². The van der Waals surface area contributed by atoms with Crippen molar-refractivity contribution in [3.63, 3.8) is 0 Å². The summed E-state index contributed by atoms with van der Waals surface area (Å²) in [5.74, 6) is 0.569. The third-order valence-corrected chi connectivity index (χ3v) is 6.29. The van der Waals surface area contributed by atoms with Crippen molar-refractivity contribution >= 4 is 38.7 Å². The maximum absolute atomic E-state index is 10.6. The largest absolute Gasteiger partial charge is 0.510 e. The van der Waals surface area contributed by atoms with Gasteiger partial charge in [0.2, 0.25) is 0 Å². The maximum Gasteiger partial charge on any atom is 0.135 e. The second-order valence-electron chi connectivity index (χ2n) is 6.88. The third kappa shape index (κ3) is 3.75. The zero-order valence-corrected chi connectivity index (χ0v) is 17.8. The van der Waals surface area contributed by atoms with Crippen LogP contribution < -0.4 is 0 Å². The van der Waals surface area contributed by atoms with Gasteiger partial charge in [-0.3, -0.25) is 5.41 Å². The number of aliphatic hydroxyl groups is 1. The van der Waals surface area contributed by atoms with E-state index in [9.17, 15) is 5.11 Å². The van der Waals surface area contributed by atoms with Crippen molar-refractivity contribution in [3.05, 3.63) is 80.8 Å². The van der Waals surface area contributed by atoms with Crippen molar-refractivity contribution in [3.8, 4) is 11.3 Å². The van der Waals surface area contributed by atoms with E-state index in [-0.39, 0.29) is 11.8 Å². The molecule has 1 aliphatic heterocycles. The Morgan fingerprint density at radius 1 is 1.18 bits per heavy atom. The number of amidine groups is 1. The van der Waals surface area contributed by atoms with Gasteiger partial charge in [-0.1, -0.05) is 58.4 Å². The summed E-state index contributed by atoms with van der Waals surface area (Å²) in [5.41, 5.74) is 3.65. The molecule has 0 aliphatic carbocycles. The SMILES string of the molecule is CC(Cc1ccccc1)N1CC(O)=C(c2nc(-c3ccc(Br)cc3)cs2)C1=N. The molecule has 2 aromatic carbocycles. The first-order chi connectivity index (χ1) is 13.5. The Labute approximate surface area is 176 Å². The molecular formula is C22H20BrN3OS. The average Bonchev–Trinajstić information content (AvgIpc) is 3.27. The van der Waals surface area contributed by atoms with Crippen LogP contribution in [0.1, 0.15) is 17.5 Å². The molecular weight excluding hydrogens is 434 g/mol. The fourth-order valence-electron chi connectivity index (χ4n) is 3.41. The molecule has 0 radical (unpaired) electrons. The summed E-state index contributed by atoms with van der Waals surface area (Å²) in [4.78, 5) is 6.63. The van der Waals surface area contributed by atoms with Crippen LogP contribution in [0.5, 0.6) is 0 Å². The minimum atomic E-state index is 0.112. The molecule has 2 N–H and O–H groups in total. The van der Waals surface area contributed by atoms with Crippen LogP contribution in [0.25, 0.3) is 16.8 Å². The predicted octanol–water partition coefficient (Wildman–Crippen LogP) is 5.77. The molecule has 1 aromatic heterocycles. The quantitative estimate of drug-likeness (QED) is 0.515. The molecule has 1 aliphatic rings. The van der Waals surface area contributed by atoms with E-state index in [0.717, 1.165) is 22.2 Å². The van der Waals surface area contributed by atoms with Crippen LogP contribution in [0.3, 0.4) is 0 Å². The average molecular weight is 454 g/mol. The molecule has 142 valence electrons. The summed E-state index contributed by atoms with van der Waals surface area (Å²) in [6.07, 6.45) is 0.825. The van der Waals surface area contributed by atoms with E-state index in [0.29, 0.717) is 23.0 Å². The van der Waals surface area contributed by atoms with E-state index in [2.05, 4.69) is 40.0 Å². The third-order valence-electron chi connectivity index (χ3n) is 4.90. The lowest BCUT2D eigenvalue weighted by molar-refractivity contribution is 0.305. The Kier molecular flexibility index (Phi) is 5.33. The highest BCUT2D eigenvalue weighted by Crippen LogP contribution is 2.33. The number of halogens is 1. The van der Waals surface area contributed by atoms with Gasteiger partial charge in [-0.05, 0) is 31.0 Å². The number of hydrogen-bond acceptors (Lipinski definition) is 4. The van der Waals surface area contributed by atoms with Gasteiger partial charge in [-0.25, -0.2) is 4.98 Å². The number of thiazole rings is 1. The number of aromatic nitrogens is 1. The highest BCUT2D eigenvalue weighted by molar-refractivity contribution is 9.10. The summed E-state index contributed by atoms with van der Waals surface area (Å²) < 4.78 is 1.02. The first kappa shape index (κ1) is 18.9. The smallest absolute Gasteiger partial charge is 0.135 e. The van der Waals surface area contributed by atoms with Gasteiger partial charge in [0.25, 0.3) is 0 Å². The van der Waals surface area contributed by atoms with Crippen molar-refractivity contribution in [2.75, 3.05) is 6.54 Å². The maximum atomic E-state index is 10.6. The Hall–Kier alpha value is -2.44. The van der Waals surface area contributed by atoms with Crippen LogP contribution in [0.4, 0.5) is 0 Å². The molecule has 2 heterocycles. The fourth-order valence-corrected chi connectivity index (χ4v) is 4.57. The zero-order valence-electron chi connectivity index (χ0n) is 15.4. The standard InChI is InChI=1S/C22H20BrN3OS/c1-14(11-15-5-3-2-4-6-15)26-12-19(27)20(21(26)24)22-25-18(13-28-22)16-7-9-17(23)10-8-16/h2-10,13-14,24,27H,11-12H2,1H3. The number of rotatable bonds is 5. The first-order valence-electron chi connectivity index (χ1n) is 9.06. The second kappa shape index (κ2) is 7.89. The summed E-state index contributed by atoms with van der Waals surface area (Å²) in [6.45, 7) is 2.45. The van der Waals surface area contributed by atoms with Gasteiger partial charge in [0.15, 0.2) is 0 Å². The molecule has 28 heavy (non-hydrogen) atoms. The Morgan fingerprint density at radius 3 is 2.61 bits per heavy atom. The van der Waals surface area contributed by atoms with Crippen LogP contribution in [0.2, 0.25) is 0 Å². The minimum absolute atomic E-state index is 0.112. The molecule has 0 saturated heterocycles. The summed E-state index contributed by atoms with van der Waals surface area (Å²) in [7, 11) is 0. The molecule has 6 heteroatoms. The van der Waals surface area contributed by atoms with Gasteiger partial charge in [0, 0.05) is 21.5 Å². The summed E-state index contributed by atoms with van der Waals surface area (Å²) >= 11 is 4.91. The van der Waals surface area contributed by atoms with Crippen LogP contribution in [0, 0.1) is 5.41 Å². The van der Waals surface area contributed by atoms with Crippen LogP contribution >= 0.6 is 27.3 Å². The number of aliphatic hydroxyl groups excluding tert-OH is 1. The Morgan fingerprint density at radius 2 is 1.89 bits per heavy atom. The van der Waals surface area contributed by atoms with Gasteiger partial charge in [-0.2, -0.15) is 0 Å². The molecule has 1 unspecified atom stereocenters. The molecule has 4 nitrogen and oxygen atoms in total. The normalized spacial score (nSPS) is 15.4. The monoisotopic (exact) mass is 453 g/mol. The van der Waals surface area contributed by atoms with Gasteiger partial charge < -0.3 is 10.0 Å². The fraction of sp³-hybridized carbons (Fsp3) is 0.182. The lowest BCUT2D eigenvalue weighted by Gasteiger charge is -2.26. The van der Waals surface area contributed by atoms with Gasteiger partial charge in [-0.15, -0.1) is 11.3 Å². The molecule has 0 spiro atoms. The minimum Gasteiger partial charge on any atom is -0.510 e. The highest BCUT2D eigenvalue weighted by Gasteiger charge is 2.33. The van der Waals surface area contributed by atoms with Crippen molar-refractivity contribution in [1.29, 1.82) is 5.41 Å². The van der Waals surface area contributed by atoms with E-state index in [4.69, 9.17) is 5.41 Å². The highest BCUT2D eigenvalue weighted by atomic mass is 79.9.